The summed E-state index contributed by atoms with van der Waals surface area (Å²) in [6.45, 7) is 8.12. The SMILES string of the molecule is CCCNC(=O)[C@@H]1[C@@H]2CCC3(S2)C(C(=O)NC(C)C)N([C@@H](CC)CO)C(=O)[C@H]13. The number of rotatable bonds is 8. The Bertz CT molecular complexity index is 639. The first kappa shape index (κ1) is 21.4. The molecule has 1 spiro atoms. The van der Waals surface area contributed by atoms with E-state index in [0.29, 0.717) is 13.0 Å². The summed E-state index contributed by atoms with van der Waals surface area (Å²) < 4.78 is -0.572. The van der Waals surface area contributed by atoms with Gasteiger partial charge >= 0.3 is 0 Å². The van der Waals surface area contributed by atoms with E-state index >= 15 is 0 Å². The van der Waals surface area contributed by atoms with Crippen LogP contribution in [0.5, 0.6) is 0 Å². The van der Waals surface area contributed by atoms with E-state index < -0.39 is 28.7 Å². The summed E-state index contributed by atoms with van der Waals surface area (Å²) in [5, 5.41) is 15.9. The molecular weight excluding hydrogens is 378 g/mol. The quantitative estimate of drug-likeness (QED) is 0.551. The van der Waals surface area contributed by atoms with Crippen molar-refractivity contribution in [3.8, 4) is 0 Å². The van der Waals surface area contributed by atoms with Crippen LogP contribution in [0.4, 0.5) is 0 Å². The van der Waals surface area contributed by atoms with Crippen molar-refractivity contribution in [1.82, 2.24) is 15.5 Å². The number of aliphatic hydroxyl groups is 1. The number of nitrogens with zero attached hydrogens (tertiary/aromatic N) is 1. The molecule has 0 radical (unpaired) electrons. The van der Waals surface area contributed by atoms with Crippen molar-refractivity contribution in [2.45, 2.75) is 81.5 Å². The highest BCUT2D eigenvalue weighted by Gasteiger charge is 2.74. The topological polar surface area (TPSA) is 98.7 Å². The van der Waals surface area contributed by atoms with Gasteiger partial charge in [0.1, 0.15) is 6.04 Å². The van der Waals surface area contributed by atoms with E-state index in [1.165, 1.54) is 0 Å². The van der Waals surface area contributed by atoms with E-state index in [-0.39, 0.29) is 35.6 Å². The molecule has 3 amide bonds. The van der Waals surface area contributed by atoms with Gasteiger partial charge in [-0.15, -0.1) is 11.8 Å². The minimum absolute atomic E-state index is 0.0404. The maximum Gasteiger partial charge on any atom is 0.244 e. The Morgan fingerprint density at radius 2 is 2.04 bits per heavy atom. The number of carbonyl (C=O) groups is 3. The van der Waals surface area contributed by atoms with Crippen molar-refractivity contribution < 1.29 is 19.5 Å². The van der Waals surface area contributed by atoms with Crippen molar-refractivity contribution >= 4 is 29.5 Å². The summed E-state index contributed by atoms with van der Waals surface area (Å²) in [5.41, 5.74) is 0. The molecule has 0 aromatic rings. The second kappa shape index (κ2) is 8.22. The number of fused-ring (bicyclic) bond motifs is 1. The van der Waals surface area contributed by atoms with E-state index in [9.17, 15) is 19.5 Å². The molecule has 0 aliphatic carbocycles. The van der Waals surface area contributed by atoms with Crippen molar-refractivity contribution in [1.29, 1.82) is 0 Å². The first-order valence-electron chi connectivity index (χ1n) is 10.5. The van der Waals surface area contributed by atoms with Crippen LogP contribution in [0.1, 0.15) is 53.4 Å². The van der Waals surface area contributed by atoms with E-state index in [2.05, 4.69) is 10.6 Å². The largest absolute Gasteiger partial charge is 0.394 e. The van der Waals surface area contributed by atoms with Crippen LogP contribution < -0.4 is 10.6 Å². The van der Waals surface area contributed by atoms with Crippen LogP contribution in [0.25, 0.3) is 0 Å². The Balaban J connectivity index is 2.00. The molecule has 0 saturated carbocycles. The summed E-state index contributed by atoms with van der Waals surface area (Å²) in [5.74, 6) is -1.26. The minimum atomic E-state index is -0.636. The normalized spacial score (nSPS) is 34.6. The zero-order chi connectivity index (χ0) is 20.6. The van der Waals surface area contributed by atoms with Crippen LogP contribution in [0.15, 0.2) is 0 Å². The van der Waals surface area contributed by atoms with Gasteiger partial charge in [0.2, 0.25) is 17.7 Å². The smallest absolute Gasteiger partial charge is 0.244 e. The molecule has 3 rings (SSSR count). The molecule has 2 bridgehead atoms. The van der Waals surface area contributed by atoms with Crippen LogP contribution in [0, 0.1) is 11.8 Å². The highest BCUT2D eigenvalue weighted by Crippen LogP contribution is 2.66. The van der Waals surface area contributed by atoms with Gasteiger partial charge in [0.25, 0.3) is 0 Å². The van der Waals surface area contributed by atoms with E-state index in [1.807, 2.05) is 27.7 Å². The number of thioether (sulfide) groups is 1. The zero-order valence-electron chi connectivity index (χ0n) is 17.2. The zero-order valence-corrected chi connectivity index (χ0v) is 18.1. The standard InChI is InChI=1S/C20H33N3O4S/c1-5-9-21-17(25)14-13-7-8-20(28-13)15(14)19(27)23(12(6-2)10-24)16(20)18(26)22-11(3)4/h11-16,24H,5-10H2,1-4H3,(H,21,25)(H,22,26)/t12-,13-,14+,15-,16?,20?/m0/s1. The second-order valence-electron chi connectivity index (χ2n) is 8.50. The molecular formula is C20H33N3O4S. The van der Waals surface area contributed by atoms with Crippen molar-refractivity contribution in [3.05, 3.63) is 0 Å². The van der Waals surface area contributed by atoms with Gasteiger partial charge in [-0.25, -0.2) is 0 Å². The predicted molar refractivity (Wildman–Crippen MR) is 109 cm³/mol. The summed E-state index contributed by atoms with van der Waals surface area (Å²) >= 11 is 1.66. The molecule has 3 aliphatic rings. The van der Waals surface area contributed by atoms with Gasteiger partial charge in [-0.2, -0.15) is 0 Å². The highest BCUT2D eigenvalue weighted by molar-refractivity contribution is 8.02. The highest BCUT2D eigenvalue weighted by atomic mass is 32.2. The number of amides is 3. The van der Waals surface area contributed by atoms with E-state index in [1.54, 1.807) is 16.7 Å². The molecule has 28 heavy (non-hydrogen) atoms. The molecule has 3 fully saturated rings. The maximum atomic E-state index is 13.6. The predicted octanol–water partition coefficient (Wildman–Crippen LogP) is 0.899. The Kier molecular flexibility index (Phi) is 6.29. The fraction of sp³-hybridized carbons (Fsp3) is 0.850. The third kappa shape index (κ3) is 3.22. The lowest BCUT2D eigenvalue weighted by atomic mass is 9.70. The van der Waals surface area contributed by atoms with Gasteiger partial charge < -0.3 is 20.6 Å². The summed E-state index contributed by atoms with van der Waals surface area (Å²) in [7, 11) is 0. The van der Waals surface area contributed by atoms with Crippen molar-refractivity contribution in [3.63, 3.8) is 0 Å². The first-order valence-corrected chi connectivity index (χ1v) is 11.4. The fourth-order valence-corrected chi connectivity index (χ4v) is 7.43. The third-order valence-electron chi connectivity index (χ3n) is 6.34. The van der Waals surface area contributed by atoms with Gasteiger partial charge in [0, 0.05) is 17.8 Å². The van der Waals surface area contributed by atoms with Gasteiger partial charge in [0.05, 0.1) is 29.2 Å². The Labute approximate surface area is 171 Å². The molecule has 7 nitrogen and oxygen atoms in total. The molecule has 0 aromatic heterocycles. The number of hydrogen-bond acceptors (Lipinski definition) is 5. The van der Waals surface area contributed by atoms with Crippen LogP contribution >= 0.6 is 11.8 Å². The van der Waals surface area contributed by atoms with Crippen LogP contribution in [0.2, 0.25) is 0 Å². The van der Waals surface area contributed by atoms with Crippen LogP contribution in [-0.2, 0) is 14.4 Å². The van der Waals surface area contributed by atoms with Gasteiger partial charge in [-0.05, 0) is 39.5 Å². The van der Waals surface area contributed by atoms with Crippen molar-refractivity contribution in [2.75, 3.05) is 13.2 Å². The lowest BCUT2D eigenvalue weighted by molar-refractivity contribution is -0.142. The number of aliphatic hydroxyl groups excluding tert-OH is 1. The third-order valence-corrected chi connectivity index (χ3v) is 8.30. The fourth-order valence-electron chi connectivity index (χ4n) is 5.23. The molecule has 6 atom stereocenters. The van der Waals surface area contributed by atoms with Crippen LogP contribution in [-0.4, -0.2) is 69.0 Å². The average molecular weight is 412 g/mol. The Morgan fingerprint density at radius 1 is 1.32 bits per heavy atom. The molecule has 8 heteroatoms. The van der Waals surface area contributed by atoms with Crippen molar-refractivity contribution in [2.24, 2.45) is 11.8 Å². The van der Waals surface area contributed by atoms with Gasteiger partial charge in [0.15, 0.2) is 0 Å². The molecule has 3 heterocycles. The summed E-state index contributed by atoms with van der Waals surface area (Å²) in [4.78, 5) is 41.3. The number of nitrogens with one attached hydrogen (secondary N) is 2. The monoisotopic (exact) mass is 411 g/mol. The Morgan fingerprint density at radius 3 is 2.61 bits per heavy atom. The number of hydrogen-bond donors (Lipinski definition) is 3. The molecule has 2 unspecified atom stereocenters. The average Bonchev–Trinajstić information content (AvgIpc) is 3.28. The molecule has 3 saturated heterocycles. The van der Waals surface area contributed by atoms with Gasteiger partial charge in [-0.1, -0.05) is 13.8 Å². The lowest BCUT2D eigenvalue weighted by Crippen LogP contribution is -2.57. The molecule has 0 aromatic carbocycles. The number of likely N-dealkylation sites (tertiary alicyclic amines) is 1. The molecule has 3 N–H and O–H groups in total. The second-order valence-corrected chi connectivity index (χ2v) is 10.1. The molecule has 158 valence electrons. The van der Waals surface area contributed by atoms with E-state index in [0.717, 1.165) is 19.3 Å². The lowest BCUT2D eigenvalue weighted by Gasteiger charge is -2.37. The van der Waals surface area contributed by atoms with E-state index in [4.69, 9.17) is 0 Å². The minimum Gasteiger partial charge on any atom is -0.394 e. The summed E-state index contributed by atoms with van der Waals surface area (Å²) in [6, 6.07) is -1.08. The summed E-state index contributed by atoms with van der Waals surface area (Å²) in [6.07, 6.45) is 3.00. The Hall–Kier alpha value is -1.28. The van der Waals surface area contributed by atoms with Crippen LogP contribution in [0.3, 0.4) is 0 Å². The number of carbonyl (C=O) groups excluding carboxylic acids is 3. The first-order chi connectivity index (χ1) is 13.3. The van der Waals surface area contributed by atoms with Gasteiger partial charge in [-0.3, -0.25) is 14.4 Å². The molecule has 3 aliphatic heterocycles. The maximum absolute atomic E-state index is 13.6.